The number of nitrogens with one attached hydrogen (secondary N) is 2. The Balaban J connectivity index is 1.41. The average Bonchev–Trinajstić information content (AvgIpc) is 3.98. The lowest BCUT2D eigenvalue weighted by Gasteiger charge is -2.14. The van der Waals surface area contributed by atoms with Crippen molar-refractivity contribution in [3.63, 3.8) is 0 Å². The highest BCUT2D eigenvalue weighted by atomic mass is 16.5. The molecule has 2 aromatic carbocycles. The predicted octanol–water partition coefficient (Wildman–Crippen LogP) is 3.67. The van der Waals surface area contributed by atoms with E-state index < -0.39 is 23.6 Å². The molecule has 0 bridgehead atoms. The molecule has 0 unspecified atom stereocenters. The van der Waals surface area contributed by atoms with E-state index in [4.69, 9.17) is 20.9 Å². The van der Waals surface area contributed by atoms with Gasteiger partial charge in [-0.05, 0) is 52.0 Å². The van der Waals surface area contributed by atoms with Crippen molar-refractivity contribution in [2.45, 2.75) is 59.3 Å². The van der Waals surface area contributed by atoms with Crippen molar-refractivity contribution in [2.75, 3.05) is 31.0 Å². The van der Waals surface area contributed by atoms with Gasteiger partial charge in [-0.2, -0.15) is 0 Å². The zero-order valence-electron chi connectivity index (χ0n) is 32.1. The van der Waals surface area contributed by atoms with Crippen LogP contribution in [-0.2, 0) is 13.1 Å². The molecule has 57 heavy (non-hydrogen) atoms. The standard InChI is InChI=1S/C38H44N12O7/c1-21(2)47-13-9-41-33(47)35(54)45-37-43-25-17-23(31(39)52)19-27(56-5)29(25)49(37)11-6-7-12-50-30-26(18-24(32(40)53)20-28(30)57-16-8-15-51)44-38(50)46-36(55)34-42-10-14-48(34)22(3)4/h6-7,9-10,13-14,17-22,51H,8,11-12,15-16H2,1-5H3,(H2,39,52)(H2,40,53)(H,43,45,54)(H,44,46,55). The third-order valence-electron chi connectivity index (χ3n) is 9.01. The zero-order valence-corrected chi connectivity index (χ0v) is 32.1. The zero-order chi connectivity index (χ0) is 41.0. The minimum Gasteiger partial charge on any atom is -0.494 e. The van der Waals surface area contributed by atoms with Gasteiger partial charge in [-0.15, -0.1) is 0 Å². The van der Waals surface area contributed by atoms with E-state index in [2.05, 4.69) is 30.6 Å². The van der Waals surface area contributed by atoms with Crippen LogP contribution in [0.3, 0.4) is 0 Å². The van der Waals surface area contributed by atoms with Crippen molar-refractivity contribution in [1.82, 2.24) is 38.2 Å². The van der Waals surface area contributed by atoms with Crippen molar-refractivity contribution in [1.29, 1.82) is 0 Å². The second kappa shape index (κ2) is 16.8. The van der Waals surface area contributed by atoms with Crippen LogP contribution in [-0.4, -0.2) is 87.3 Å². The van der Waals surface area contributed by atoms with Crippen molar-refractivity contribution in [3.05, 3.63) is 84.0 Å². The van der Waals surface area contributed by atoms with Crippen molar-refractivity contribution < 1.29 is 33.8 Å². The summed E-state index contributed by atoms with van der Waals surface area (Å²) in [7, 11) is 1.45. The lowest BCUT2D eigenvalue weighted by Crippen LogP contribution is -2.21. The number of carbonyl (C=O) groups is 4. The Labute approximate surface area is 326 Å². The van der Waals surface area contributed by atoms with Crippen LogP contribution >= 0.6 is 0 Å². The number of carbonyl (C=O) groups excluding carboxylic acids is 4. The maximum atomic E-state index is 13.6. The number of amides is 4. The maximum absolute atomic E-state index is 13.6. The molecular formula is C38H44N12O7. The first-order chi connectivity index (χ1) is 27.3. The fourth-order valence-corrected chi connectivity index (χ4v) is 6.29. The predicted molar refractivity (Wildman–Crippen MR) is 211 cm³/mol. The molecule has 6 rings (SSSR count). The molecule has 0 atom stereocenters. The van der Waals surface area contributed by atoms with Gasteiger partial charge in [0.05, 0.1) is 24.8 Å². The smallest absolute Gasteiger partial charge is 0.293 e. The monoisotopic (exact) mass is 780 g/mol. The number of nitrogens with zero attached hydrogens (tertiary/aromatic N) is 8. The number of benzene rings is 2. The third-order valence-corrected chi connectivity index (χ3v) is 9.01. The molecule has 0 radical (unpaired) electrons. The summed E-state index contributed by atoms with van der Waals surface area (Å²) in [6.45, 7) is 7.97. The van der Waals surface area contributed by atoms with Gasteiger partial charge in [0, 0.05) is 74.1 Å². The fourth-order valence-electron chi connectivity index (χ4n) is 6.29. The number of aliphatic hydroxyl groups is 1. The topological polar surface area (TPSA) is 254 Å². The van der Waals surface area contributed by atoms with E-state index >= 15 is 0 Å². The number of methoxy groups -OCH3 is 1. The summed E-state index contributed by atoms with van der Waals surface area (Å²) in [4.78, 5) is 69.5. The highest BCUT2D eigenvalue weighted by Gasteiger charge is 2.24. The molecule has 0 aliphatic rings. The summed E-state index contributed by atoms with van der Waals surface area (Å²) in [5.74, 6) is -1.21. The van der Waals surface area contributed by atoms with Gasteiger partial charge in [0.2, 0.25) is 23.7 Å². The summed E-state index contributed by atoms with van der Waals surface area (Å²) >= 11 is 0. The van der Waals surface area contributed by atoms with Crippen LogP contribution in [0, 0.1) is 0 Å². The summed E-state index contributed by atoms with van der Waals surface area (Å²) in [5, 5.41) is 15.1. The number of aliphatic hydroxyl groups excluding tert-OH is 1. The number of aromatic nitrogens is 8. The van der Waals surface area contributed by atoms with Crippen LogP contribution in [0.2, 0.25) is 0 Å². The molecule has 6 aromatic rings. The highest BCUT2D eigenvalue weighted by molar-refractivity contribution is 6.04. The number of primary amides is 2. The fraction of sp³-hybridized carbons (Fsp3) is 0.316. The second-order valence-electron chi connectivity index (χ2n) is 13.5. The summed E-state index contributed by atoms with van der Waals surface area (Å²) in [6.07, 6.45) is 10.4. The van der Waals surface area contributed by atoms with Gasteiger partial charge in [-0.25, -0.2) is 19.9 Å². The molecular weight excluding hydrogens is 736 g/mol. The number of fused-ring (bicyclic) bond motifs is 2. The number of ether oxygens (including phenoxy) is 2. The van der Waals surface area contributed by atoms with E-state index in [9.17, 15) is 24.3 Å². The molecule has 4 aromatic heterocycles. The van der Waals surface area contributed by atoms with Gasteiger partial charge in [0.15, 0.2) is 11.6 Å². The Hall–Kier alpha value is -7.02. The van der Waals surface area contributed by atoms with Crippen molar-refractivity contribution >= 4 is 57.6 Å². The molecule has 4 heterocycles. The Kier molecular flexibility index (Phi) is 11.7. The van der Waals surface area contributed by atoms with Gasteiger partial charge in [0.1, 0.15) is 22.5 Å². The van der Waals surface area contributed by atoms with Gasteiger partial charge < -0.3 is 44.3 Å². The number of hydrogen-bond donors (Lipinski definition) is 5. The summed E-state index contributed by atoms with van der Waals surface area (Å²) in [6, 6.07) is 5.92. The molecule has 0 saturated carbocycles. The minimum absolute atomic E-state index is 0.0397. The Morgan fingerprint density at radius 1 is 0.754 bits per heavy atom. The summed E-state index contributed by atoms with van der Waals surface area (Å²) < 4.78 is 18.5. The first kappa shape index (κ1) is 39.7. The first-order valence-corrected chi connectivity index (χ1v) is 18.1. The Bertz CT molecular complexity index is 2510. The molecule has 19 nitrogen and oxygen atoms in total. The van der Waals surface area contributed by atoms with Gasteiger partial charge in [0.25, 0.3) is 11.8 Å². The lowest BCUT2D eigenvalue weighted by atomic mass is 10.1. The molecule has 0 spiro atoms. The van der Waals surface area contributed by atoms with Crippen LogP contribution < -0.4 is 31.6 Å². The lowest BCUT2D eigenvalue weighted by molar-refractivity contribution is 0.0991. The number of hydrogen-bond acceptors (Lipinski definition) is 11. The van der Waals surface area contributed by atoms with E-state index in [1.807, 2.05) is 27.7 Å². The van der Waals surface area contributed by atoms with Crippen LogP contribution in [0.25, 0.3) is 22.1 Å². The Morgan fingerprint density at radius 2 is 1.21 bits per heavy atom. The van der Waals surface area contributed by atoms with Crippen LogP contribution in [0.4, 0.5) is 11.9 Å². The quantitative estimate of drug-likeness (QED) is 0.0659. The minimum atomic E-state index is -0.704. The number of anilines is 2. The first-order valence-electron chi connectivity index (χ1n) is 18.1. The van der Waals surface area contributed by atoms with E-state index in [0.717, 1.165) is 0 Å². The number of allylic oxidation sites excluding steroid dienone is 2. The molecule has 0 saturated heterocycles. The highest BCUT2D eigenvalue weighted by Crippen LogP contribution is 2.33. The molecule has 7 N–H and O–H groups in total. The van der Waals surface area contributed by atoms with E-state index in [0.29, 0.717) is 34.2 Å². The van der Waals surface area contributed by atoms with Crippen LogP contribution in [0.5, 0.6) is 11.5 Å². The van der Waals surface area contributed by atoms with Gasteiger partial charge in [-0.3, -0.25) is 29.8 Å². The third kappa shape index (κ3) is 8.18. The number of rotatable bonds is 17. The van der Waals surface area contributed by atoms with Crippen molar-refractivity contribution in [2.24, 2.45) is 11.5 Å². The Morgan fingerprint density at radius 3 is 1.63 bits per heavy atom. The van der Waals surface area contributed by atoms with Gasteiger partial charge in [-0.1, -0.05) is 12.2 Å². The molecule has 298 valence electrons. The number of nitrogens with two attached hydrogens (primary N) is 2. The molecule has 0 fully saturated rings. The average molecular weight is 781 g/mol. The van der Waals surface area contributed by atoms with E-state index in [1.165, 1.54) is 43.8 Å². The maximum Gasteiger partial charge on any atom is 0.293 e. The second-order valence-corrected chi connectivity index (χ2v) is 13.5. The van der Waals surface area contributed by atoms with Gasteiger partial charge >= 0.3 is 0 Å². The number of imidazole rings is 4. The molecule has 19 heteroatoms. The normalized spacial score (nSPS) is 11.6. The van der Waals surface area contributed by atoms with Crippen LogP contribution in [0.1, 0.15) is 88.2 Å². The molecule has 0 aliphatic carbocycles. The summed E-state index contributed by atoms with van der Waals surface area (Å²) in [5.41, 5.74) is 13.2. The molecule has 0 aliphatic heterocycles. The van der Waals surface area contributed by atoms with E-state index in [1.54, 1.807) is 42.8 Å². The van der Waals surface area contributed by atoms with E-state index in [-0.39, 0.29) is 78.8 Å². The van der Waals surface area contributed by atoms with Crippen LogP contribution in [0.15, 0.2) is 61.2 Å². The molecule has 4 amide bonds. The largest absolute Gasteiger partial charge is 0.494 e. The SMILES string of the molecule is COc1cc(C(N)=O)cc2nc(NC(=O)c3nccn3C(C)C)n(CC=CCn3c(NC(=O)c4nccn4C(C)C)nc4cc(C(N)=O)cc(OCCCO)c43)c12. The van der Waals surface area contributed by atoms with Crippen molar-refractivity contribution in [3.8, 4) is 11.5 Å².